The van der Waals surface area contributed by atoms with Gasteiger partial charge < -0.3 is 9.84 Å². The van der Waals surface area contributed by atoms with E-state index in [4.69, 9.17) is 0 Å². The fourth-order valence-electron chi connectivity index (χ4n) is 0.777. The largest absolute Gasteiger partial charge is 1.00 e. The van der Waals surface area contributed by atoms with E-state index in [9.17, 15) is 5.11 Å². The maximum Gasteiger partial charge on any atom is 1.00 e. The number of hydrogen-bond acceptors (Lipinski definition) is 2. The van der Waals surface area contributed by atoms with Gasteiger partial charge in [0.15, 0.2) is 0 Å². The van der Waals surface area contributed by atoms with Gasteiger partial charge in [-0.15, -0.1) is 0 Å². The van der Waals surface area contributed by atoms with Crippen LogP contribution >= 0.6 is 0 Å². The van der Waals surface area contributed by atoms with Crippen molar-refractivity contribution in [2.24, 2.45) is 0 Å². The molecular weight excluding hydrogens is 147 g/mol. The van der Waals surface area contributed by atoms with E-state index in [1.165, 1.54) is 13.4 Å². The van der Waals surface area contributed by atoms with Gasteiger partial charge in [0.25, 0.3) is 0 Å². The van der Waals surface area contributed by atoms with E-state index in [1.54, 1.807) is 12.1 Å². The van der Waals surface area contributed by atoms with Crippen LogP contribution in [-0.2, 0) is 4.74 Å². The van der Waals surface area contributed by atoms with Crippen LogP contribution in [0.5, 0.6) is 0 Å². The second kappa shape index (κ2) is 5.76. The molecular formula is C9H9LiO2. The summed E-state index contributed by atoms with van der Waals surface area (Å²) in [4.78, 5) is 0. The Hall–Kier alpha value is -0.843. The van der Waals surface area contributed by atoms with Crippen molar-refractivity contribution < 1.29 is 28.7 Å². The summed E-state index contributed by atoms with van der Waals surface area (Å²) in [7, 11) is 1.46. The van der Waals surface area contributed by atoms with Gasteiger partial charge in [0, 0.05) is 0 Å². The van der Waals surface area contributed by atoms with Gasteiger partial charge in [-0.2, -0.15) is 0 Å². The molecule has 3 heteroatoms. The molecule has 1 aromatic carbocycles. The first-order valence-corrected chi connectivity index (χ1v) is 3.30. The summed E-state index contributed by atoms with van der Waals surface area (Å²) < 4.78 is 4.58. The minimum atomic E-state index is -0.104. The van der Waals surface area contributed by atoms with Gasteiger partial charge in [-0.05, 0) is 5.56 Å². The molecule has 1 aromatic rings. The SMILES string of the molecule is CO/C=C(/[O-])c1ccccc1.[Li+]. The molecule has 0 atom stereocenters. The van der Waals surface area contributed by atoms with E-state index in [1.807, 2.05) is 18.2 Å². The fourth-order valence-corrected chi connectivity index (χ4v) is 0.777. The number of benzene rings is 1. The van der Waals surface area contributed by atoms with E-state index >= 15 is 0 Å². The molecule has 0 spiro atoms. The molecule has 12 heavy (non-hydrogen) atoms. The van der Waals surface area contributed by atoms with Crippen LogP contribution in [0.4, 0.5) is 0 Å². The number of ether oxygens (including phenoxy) is 1. The maximum absolute atomic E-state index is 11.1. The Kier molecular flexibility index (Phi) is 5.36. The standard InChI is InChI=1S/C9H10O2.Li/c1-11-7-9(10)8-5-3-2-4-6-8;/h2-7,10H,1H3;/q;+1/p-1/b9-7+;. The van der Waals surface area contributed by atoms with Crippen LogP contribution in [0.3, 0.4) is 0 Å². The zero-order valence-corrected chi connectivity index (χ0v) is 7.28. The van der Waals surface area contributed by atoms with E-state index in [-0.39, 0.29) is 24.6 Å². The summed E-state index contributed by atoms with van der Waals surface area (Å²) in [6.45, 7) is 0. The second-order valence-electron chi connectivity index (χ2n) is 2.08. The molecule has 0 aromatic heterocycles. The third-order valence-corrected chi connectivity index (χ3v) is 1.28. The van der Waals surface area contributed by atoms with Gasteiger partial charge in [-0.3, -0.25) is 0 Å². The molecule has 0 amide bonds. The Balaban J connectivity index is 0.00000121. The van der Waals surface area contributed by atoms with Crippen molar-refractivity contribution in [1.29, 1.82) is 0 Å². The quantitative estimate of drug-likeness (QED) is 0.366. The third-order valence-electron chi connectivity index (χ3n) is 1.28. The van der Waals surface area contributed by atoms with Crippen LogP contribution < -0.4 is 24.0 Å². The second-order valence-corrected chi connectivity index (χ2v) is 2.08. The smallest absolute Gasteiger partial charge is 0.870 e. The van der Waals surface area contributed by atoms with Crippen molar-refractivity contribution >= 4 is 5.76 Å². The average Bonchev–Trinajstić information content (AvgIpc) is 2.07. The van der Waals surface area contributed by atoms with E-state index in [0.717, 1.165) is 0 Å². The minimum absolute atomic E-state index is 0. The Morgan fingerprint density at radius 2 is 1.92 bits per heavy atom. The van der Waals surface area contributed by atoms with Gasteiger partial charge in [-0.1, -0.05) is 36.1 Å². The zero-order chi connectivity index (χ0) is 8.10. The molecule has 58 valence electrons. The summed E-state index contributed by atoms with van der Waals surface area (Å²) in [6, 6.07) is 8.99. The Morgan fingerprint density at radius 1 is 1.33 bits per heavy atom. The summed E-state index contributed by atoms with van der Waals surface area (Å²) in [5.74, 6) is -0.104. The molecule has 1 rings (SSSR count). The van der Waals surface area contributed by atoms with Gasteiger partial charge in [0.2, 0.25) is 0 Å². The van der Waals surface area contributed by atoms with E-state index in [0.29, 0.717) is 5.56 Å². The molecule has 0 saturated heterocycles. The van der Waals surface area contributed by atoms with Crippen molar-refractivity contribution in [1.82, 2.24) is 0 Å². The molecule has 0 heterocycles. The van der Waals surface area contributed by atoms with Gasteiger partial charge in [0.1, 0.15) is 0 Å². The van der Waals surface area contributed by atoms with Crippen LogP contribution in [0.15, 0.2) is 36.6 Å². The number of hydrogen-bond donors (Lipinski definition) is 0. The van der Waals surface area contributed by atoms with Crippen molar-refractivity contribution in [2.45, 2.75) is 0 Å². The van der Waals surface area contributed by atoms with Crippen molar-refractivity contribution in [3.8, 4) is 0 Å². The third kappa shape index (κ3) is 3.04. The monoisotopic (exact) mass is 156 g/mol. The number of methoxy groups -OCH3 is 1. The van der Waals surface area contributed by atoms with E-state index < -0.39 is 0 Å². The first-order chi connectivity index (χ1) is 5.34. The maximum atomic E-state index is 11.1. The van der Waals surface area contributed by atoms with Crippen molar-refractivity contribution in [2.75, 3.05) is 7.11 Å². The van der Waals surface area contributed by atoms with Crippen LogP contribution in [0.2, 0.25) is 0 Å². The predicted molar refractivity (Wildman–Crippen MR) is 41.4 cm³/mol. The molecule has 0 radical (unpaired) electrons. The molecule has 0 bridgehead atoms. The van der Waals surface area contributed by atoms with Crippen LogP contribution in [0.1, 0.15) is 5.56 Å². The summed E-state index contributed by atoms with van der Waals surface area (Å²) in [6.07, 6.45) is 1.19. The Labute approximate surface area is 84.0 Å². The number of rotatable bonds is 2. The zero-order valence-electron chi connectivity index (χ0n) is 7.28. The molecule has 0 aliphatic rings. The summed E-state index contributed by atoms with van der Waals surface area (Å²) >= 11 is 0. The molecule has 0 saturated carbocycles. The van der Waals surface area contributed by atoms with Gasteiger partial charge >= 0.3 is 18.9 Å². The van der Waals surface area contributed by atoms with Gasteiger partial charge in [0.05, 0.1) is 13.4 Å². The van der Waals surface area contributed by atoms with Crippen molar-refractivity contribution in [3.05, 3.63) is 42.2 Å². The fraction of sp³-hybridized carbons (Fsp3) is 0.111. The normalized spacial score (nSPS) is 10.2. The molecule has 0 aliphatic carbocycles. The average molecular weight is 156 g/mol. The van der Waals surface area contributed by atoms with Crippen LogP contribution in [0.25, 0.3) is 5.76 Å². The Bertz CT molecular complexity index is 244. The molecule has 0 N–H and O–H groups in total. The summed E-state index contributed by atoms with van der Waals surface area (Å²) in [5, 5.41) is 11.1. The Morgan fingerprint density at radius 3 is 2.42 bits per heavy atom. The minimum Gasteiger partial charge on any atom is -0.870 e. The molecule has 0 fully saturated rings. The molecule has 0 unspecified atom stereocenters. The molecule has 2 nitrogen and oxygen atoms in total. The topological polar surface area (TPSA) is 32.3 Å². The van der Waals surface area contributed by atoms with Crippen LogP contribution in [0, 0.1) is 0 Å². The van der Waals surface area contributed by atoms with Crippen molar-refractivity contribution in [3.63, 3.8) is 0 Å². The first-order valence-electron chi connectivity index (χ1n) is 3.30. The van der Waals surface area contributed by atoms with E-state index in [2.05, 4.69) is 4.74 Å². The molecule has 0 aliphatic heterocycles. The first kappa shape index (κ1) is 11.2. The predicted octanol–water partition coefficient (Wildman–Crippen LogP) is -2.00. The van der Waals surface area contributed by atoms with Crippen LogP contribution in [-0.4, -0.2) is 7.11 Å². The summed E-state index contributed by atoms with van der Waals surface area (Å²) in [5.41, 5.74) is 0.648. The van der Waals surface area contributed by atoms with Gasteiger partial charge in [-0.25, -0.2) is 0 Å².